The molecule has 0 spiro atoms. The first kappa shape index (κ1) is 12.5. The molecular formula is C14H15FN2O. The molecule has 3 nitrogen and oxygen atoms in total. The second kappa shape index (κ2) is 5.14. The Morgan fingerprint density at radius 3 is 2.72 bits per heavy atom. The predicted molar refractivity (Wildman–Crippen MR) is 68.0 cm³/mol. The second-order valence-electron chi connectivity index (χ2n) is 4.08. The van der Waals surface area contributed by atoms with Crippen LogP contribution in [0.3, 0.4) is 0 Å². The number of nitrogens with two attached hydrogens (primary N) is 1. The van der Waals surface area contributed by atoms with Crippen LogP contribution in [0.25, 0.3) is 0 Å². The van der Waals surface area contributed by atoms with Crippen LogP contribution in [0, 0.1) is 12.7 Å². The molecule has 1 aromatic heterocycles. The van der Waals surface area contributed by atoms with E-state index >= 15 is 0 Å². The maximum atomic E-state index is 13.1. The predicted octanol–water partition coefficient (Wildman–Crippen LogP) is 2.59. The van der Waals surface area contributed by atoms with Gasteiger partial charge in [0.05, 0.1) is 13.2 Å². The van der Waals surface area contributed by atoms with Crippen LogP contribution in [0.15, 0.2) is 36.5 Å². The highest BCUT2D eigenvalue weighted by molar-refractivity contribution is 5.40. The topological polar surface area (TPSA) is 48.1 Å². The van der Waals surface area contributed by atoms with Gasteiger partial charge in [0.25, 0.3) is 0 Å². The molecule has 0 radical (unpaired) electrons. The van der Waals surface area contributed by atoms with E-state index in [0.717, 1.165) is 16.7 Å². The van der Waals surface area contributed by atoms with Gasteiger partial charge in [0, 0.05) is 11.8 Å². The van der Waals surface area contributed by atoms with Crippen molar-refractivity contribution >= 4 is 0 Å². The number of benzene rings is 1. The minimum atomic E-state index is -0.380. The SMILES string of the molecule is COc1ncccc1C(N)c1ccc(F)cc1C. The number of rotatable bonds is 3. The van der Waals surface area contributed by atoms with Gasteiger partial charge in [-0.15, -0.1) is 0 Å². The van der Waals surface area contributed by atoms with E-state index in [1.165, 1.54) is 12.1 Å². The molecule has 0 aliphatic carbocycles. The van der Waals surface area contributed by atoms with Crippen LogP contribution in [0.5, 0.6) is 5.88 Å². The summed E-state index contributed by atoms with van der Waals surface area (Å²) in [6.07, 6.45) is 1.65. The van der Waals surface area contributed by atoms with Crippen molar-refractivity contribution in [1.82, 2.24) is 4.98 Å². The fraction of sp³-hybridized carbons (Fsp3) is 0.214. The Hall–Kier alpha value is -1.94. The Morgan fingerprint density at radius 1 is 1.28 bits per heavy atom. The summed E-state index contributed by atoms with van der Waals surface area (Å²) in [6.45, 7) is 1.83. The lowest BCUT2D eigenvalue weighted by Crippen LogP contribution is -2.15. The lowest BCUT2D eigenvalue weighted by Gasteiger charge is -2.17. The summed E-state index contributed by atoms with van der Waals surface area (Å²) in [5, 5.41) is 0. The second-order valence-corrected chi connectivity index (χ2v) is 4.08. The summed E-state index contributed by atoms with van der Waals surface area (Å²) in [7, 11) is 1.55. The van der Waals surface area contributed by atoms with Gasteiger partial charge in [-0.1, -0.05) is 12.1 Å². The van der Waals surface area contributed by atoms with Crippen molar-refractivity contribution in [3.05, 3.63) is 59.0 Å². The van der Waals surface area contributed by atoms with Gasteiger partial charge in [0.2, 0.25) is 5.88 Å². The van der Waals surface area contributed by atoms with E-state index in [4.69, 9.17) is 10.5 Å². The van der Waals surface area contributed by atoms with Gasteiger partial charge in [-0.05, 0) is 36.2 Å². The summed E-state index contributed by atoms with van der Waals surface area (Å²) in [5.41, 5.74) is 8.66. The molecule has 1 aromatic carbocycles. The molecule has 1 atom stereocenters. The first-order chi connectivity index (χ1) is 8.63. The summed E-state index contributed by atoms with van der Waals surface area (Å²) in [5.74, 6) is 0.232. The monoisotopic (exact) mass is 246 g/mol. The van der Waals surface area contributed by atoms with Crippen LogP contribution < -0.4 is 10.5 Å². The zero-order valence-corrected chi connectivity index (χ0v) is 10.4. The summed E-state index contributed by atoms with van der Waals surface area (Å²) in [4.78, 5) is 4.11. The van der Waals surface area contributed by atoms with Crippen molar-refractivity contribution in [3.8, 4) is 5.88 Å². The first-order valence-corrected chi connectivity index (χ1v) is 5.64. The van der Waals surface area contributed by atoms with E-state index < -0.39 is 0 Å². The van der Waals surface area contributed by atoms with Gasteiger partial charge < -0.3 is 10.5 Å². The zero-order valence-electron chi connectivity index (χ0n) is 10.4. The Labute approximate surface area is 105 Å². The van der Waals surface area contributed by atoms with Crippen LogP contribution in [0.2, 0.25) is 0 Å². The van der Waals surface area contributed by atoms with Crippen molar-refractivity contribution in [2.75, 3.05) is 7.11 Å². The molecule has 0 fully saturated rings. The number of pyridine rings is 1. The Morgan fingerprint density at radius 2 is 2.06 bits per heavy atom. The van der Waals surface area contributed by atoms with E-state index in [-0.39, 0.29) is 11.9 Å². The van der Waals surface area contributed by atoms with Crippen molar-refractivity contribution in [3.63, 3.8) is 0 Å². The van der Waals surface area contributed by atoms with Gasteiger partial charge in [-0.25, -0.2) is 9.37 Å². The summed E-state index contributed by atoms with van der Waals surface area (Å²) >= 11 is 0. The molecule has 2 aromatic rings. The van der Waals surface area contributed by atoms with E-state index in [1.54, 1.807) is 25.4 Å². The van der Waals surface area contributed by atoms with E-state index in [1.807, 2.05) is 13.0 Å². The molecule has 2 rings (SSSR count). The first-order valence-electron chi connectivity index (χ1n) is 5.64. The third-order valence-electron chi connectivity index (χ3n) is 2.90. The molecule has 18 heavy (non-hydrogen) atoms. The maximum Gasteiger partial charge on any atom is 0.218 e. The summed E-state index contributed by atoms with van der Waals surface area (Å²) in [6, 6.07) is 7.86. The van der Waals surface area contributed by atoms with Crippen molar-refractivity contribution in [2.24, 2.45) is 5.73 Å². The third kappa shape index (κ3) is 2.33. The zero-order chi connectivity index (χ0) is 13.1. The number of halogens is 1. The van der Waals surface area contributed by atoms with E-state index in [9.17, 15) is 4.39 Å². The maximum absolute atomic E-state index is 13.1. The Kier molecular flexibility index (Phi) is 3.58. The highest BCUT2D eigenvalue weighted by Crippen LogP contribution is 2.28. The third-order valence-corrected chi connectivity index (χ3v) is 2.90. The van der Waals surface area contributed by atoms with Gasteiger partial charge in [-0.3, -0.25) is 0 Å². The van der Waals surface area contributed by atoms with Gasteiger partial charge in [0.1, 0.15) is 5.82 Å². The van der Waals surface area contributed by atoms with Crippen LogP contribution in [0.1, 0.15) is 22.7 Å². The molecule has 0 aliphatic heterocycles. The van der Waals surface area contributed by atoms with E-state index in [2.05, 4.69) is 4.98 Å². The lowest BCUT2D eigenvalue weighted by molar-refractivity contribution is 0.390. The number of aryl methyl sites for hydroxylation is 1. The molecular weight excluding hydrogens is 231 g/mol. The number of methoxy groups -OCH3 is 1. The lowest BCUT2D eigenvalue weighted by atomic mass is 9.96. The molecule has 0 bridgehead atoms. The van der Waals surface area contributed by atoms with Crippen LogP contribution in [-0.4, -0.2) is 12.1 Å². The van der Waals surface area contributed by atoms with Gasteiger partial charge >= 0.3 is 0 Å². The average molecular weight is 246 g/mol. The van der Waals surface area contributed by atoms with Crippen molar-refractivity contribution < 1.29 is 9.13 Å². The standard InChI is InChI=1S/C14H15FN2O/c1-9-8-10(15)5-6-11(9)13(16)12-4-3-7-17-14(12)18-2/h3-8,13H,16H2,1-2H3. The number of nitrogens with zero attached hydrogens (tertiary/aromatic N) is 1. The fourth-order valence-electron chi connectivity index (χ4n) is 1.97. The Balaban J connectivity index is 2.44. The van der Waals surface area contributed by atoms with Crippen molar-refractivity contribution in [1.29, 1.82) is 0 Å². The van der Waals surface area contributed by atoms with Crippen molar-refractivity contribution in [2.45, 2.75) is 13.0 Å². The number of hydrogen-bond acceptors (Lipinski definition) is 3. The van der Waals surface area contributed by atoms with E-state index in [0.29, 0.717) is 5.88 Å². The average Bonchev–Trinajstić information content (AvgIpc) is 2.38. The van der Waals surface area contributed by atoms with Crippen LogP contribution in [-0.2, 0) is 0 Å². The largest absolute Gasteiger partial charge is 0.481 e. The van der Waals surface area contributed by atoms with Gasteiger partial charge in [-0.2, -0.15) is 0 Å². The Bertz CT molecular complexity index is 557. The molecule has 0 amide bonds. The minimum Gasteiger partial charge on any atom is -0.481 e. The molecule has 94 valence electrons. The highest BCUT2D eigenvalue weighted by atomic mass is 19.1. The highest BCUT2D eigenvalue weighted by Gasteiger charge is 2.16. The molecule has 0 saturated heterocycles. The smallest absolute Gasteiger partial charge is 0.218 e. The number of ether oxygens (including phenoxy) is 1. The molecule has 1 unspecified atom stereocenters. The molecule has 1 heterocycles. The quantitative estimate of drug-likeness (QED) is 0.905. The van der Waals surface area contributed by atoms with Gasteiger partial charge in [0.15, 0.2) is 0 Å². The van der Waals surface area contributed by atoms with Crippen LogP contribution in [0.4, 0.5) is 4.39 Å². The summed E-state index contributed by atoms with van der Waals surface area (Å²) < 4.78 is 18.3. The normalized spacial score (nSPS) is 12.2. The molecule has 4 heteroatoms. The fourth-order valence-corrected chi connectivity index (χ4v) is 1.97. The molecule has 0 saturated carbocycles. The molecule has 0 aliphatic rings. The van der Waals surface area contributed by atoms with Crippen LogP contribution >= 0.6 is 0 Å². The molecule has 2 N–H and O–H groups in total. The minimum absolute atomic E-state index is 0.262. The number of aromatic nitrogens is 1. The number of hydrogen-bond donors (Lipinski definition) is 1.